The number of benzene rings is 2. The van der Waals surface area contributed by atoms with Gasteiger partial charge in [-0.25, -0.2) is 0 Å². The van der Waals surface area contributed by atoms with E-state index in [9.17, 15) is 4.79 Å². The molecule has 1 N–H and O–H groups in total. The summed E-state index contributed by atoms with van der Waals surface area (Å²) in [5.74, 6) is 1.52. The average Bonchev–Trinajstić information content (AvgIpc) is 3.08. The number of rotatable bonds is 8. The molecule has 3 aromatic rings. The van der Waals surface area contributed by atoms with Crippen molar-refractivity contribution < 1.29 is 14.3 Å². The molecule has 0 aliphatic rings. The van der Waals surface area contributed by atoms with Gasteiger partial charge in [-0.05, 0) is 56.2 Å². The monoisotopic (exact) mass is 380 g/mol. The van der Waals surface area contributed by atoms with Crippen LogP contribution in [-0.4, -0.2) is 30.2 Å². The van der Waals surface area contributed by atoms with E-state index in [0.717, 1.165) is 34.4 Å². The zero-order chi connectivity index (χ0) is 20.1. The van der Waals surface area contributed by atoms with Gasteiger partial charge in [0.1, 0.15) is 17.2 Å². The summed E-state index contributed by atoms with van der Waals surface area (Å²) in [6, 6.07) is 15.9. The lowest BCUT2D eigenvalue weighted by molar-refractivity contribution is 0.0931. The summed E-state index contributed by atoms with van der Waals surface area (Å²) < 4.78 is 13.2. The Morgan fingerprint density at radius 2 is 1.93 bits per heavy atom. The summed E-state index contributed by atoms with van der Waals surface area (Å²) in [7, 11) is 1.66. The van der Waals surface area contributed by atoms with Gasteiger partial charge >= 0.3 is 0 Å². The van der Waals surface area contributed by atoms with E-state index in [1.807, 2.05) is 66.9 Å². The van der Waals surface area contributed by atoms with E-state index in [1.54, 1.807) is 7.11 Å². The molecule has 3 rings (SSSR count). The van der Waals surface area contributed by atoms with Gasteiger partial charge in [0.2, 0.25) is 0 Å². The molecule has 1 aromatic heterocycles. The lowest BCUT2D eigenvalue weighted by Crippen LogP contribution is -2.33. The van der Waals surface area contributed by atoms with Crippen LogP contribution in [0.4, 0.5) is 0 Å². The van der Waals surface area contributed by atoms with E-state index in [4.69, 9.17) is 9.47 Å². The van der Waals surface area contributed by atoms with Crippen LogP contribution in [0.15, 0.2) is 48.5 Å². The first kappa shape index (κ1) is 19.8. The van der Waals surface area contributed by atoms with Crippen LogP contribution in [0.25, 0.3) is 10.9 Å². The number of ether oxygens (including phenoxy) is 2. The number of aromatic nitrogens is 1. The molecule has 1 unspecified atom stereocenters. The zero-order valence-corrected chi connectivity index (χ0v) is 17.0. The van der Waals surface area contributed by atoms with Crippen LogP contribution in [0.2, 0.25) is 0 Å². The number of hydrogen-bond donors (Lipinski definition) is 1. The van der Waals surface area contributed by atoms with Gasteiger partial charge in [0.25, 0.3) is 5.91 Å². The van der Waals surface area contributed by atoms with Crippen LogP contribution < -0.4 is 14.8 Å². The molecular formula is C23H28N2O3. The molecule has 0 aliphatic heterocycles. The summed E-state index contributed by atoms with van der Waals surface area (Å²) >= 11 is 0. The van der Waals surface area contributed by atoms with Crippen molar-refractivity contribution in [2.75, 3.05) is 13.7 Å². The van der Waals surface area contributed by atoms with Crippen LogP contribution in [0, 0.1) is 0 Å². The zero-order valence-electron chi connectivity index (χ0n) is 17.0. The Morgan fingerprint density at radius 3 is 2.64 bits per heavy atom. The van der Waals surface area contributed by atoms with Crippen LogP contribution in [-0.2, 0) is 6.54 Å². The first-order valence-corrected chi connectivity index (χ1v) is 9.76. The van der Waals surface area contributed by atoms with Gasteiger partial charge < -0.3 is 19.4 Å². The molecule has 0 fully saturated rings. The average molecular weight is 380 g/mol. The van der Waals surface area contributed by atoms with Crippen molar-refractivity contribution in [3.05, 3.63) is 59.8 Å². The molecule has 28 heavy (non-hydrogen) atoms. The van der Waals surface area contributed by atoms with Gasteiger partial charge in [-0.2, -0.15) is 0 Å². The number of nitrogens with one attached hydrogen (secondary N) is 1. The Labute approximate surface area is 166 Å². The van der Waals surface area contributed by atoms with Crippen LogP contribution in [0.3, 0.4) is 0 Å². The maximum absolute atomic E-state index is 13.0. The maximum Gasteiger partial charge on any atom is 0.268 e. The summed E-state index contributed by atoms with van der Waals surface area (Å²) in [5, 5.41) is 4.03. The minimum Gasteiger partial charge on any atom is -0.497 e. The third kappa shape index (κ3) is 4.14. The van der Waals surface area contributed by atoms with Crippen LogP contribution >= 0.6 is 0 Å². The quantitative estimate of drug-likeness (QED) is 0.620. The molecule has 2 aromatic carbocycles. The van der Waals surface area contributed by atoms with Crippen molar-refractivity contribution in [1.82, 2.24) is 9.88 Å². The number of carbonyl (C=O) groups excluding carboxylic acids is 1. The predicted octanol–water partition coefficient (Wildman–Crippen LogP) is 4.63. The first-order chi connectivity index (χ1) is 13.6. The second kappa shape index (κ2) is 8.83. The second-order valence-electron chi connectivity index (χ2n) is 6.87. The summed E-state index contributed by atoms with van der Waals surface area (Å²) in [6.07, 6.45) is 0.881. The fourth-order valence-electron chi connectivity index (χ4n) is 3.25. The van der Waals surface area contributed by atoms with Gasteiger partial charge in [-0.1, -0.05) is 25.1 Å². The molecule has 1 heterocycles. The highest BCUT2D eigenvalue weighted by atomic mass is 16.5. The molecule has 5 heteroatoms. The first-order valence-electron chi connectivity index (χ1n) is 9.76. The molecular weight excluding hydrogens is 352 g/mol. The third-order valence-electron chi connectivity index (χ3n) is 4.90. The predicted molar refractivity (Wildman–Crippen MR) is 112 cm³/mol. The van der Waals surface area contributed by atoms with Crippen LogP contribution in [0.5, 0.6) is 11.5 Å². The Morgan fingerprint density at radius 1 is 1.14 bits per heavy atom. The highest BCUT2D eigenvalue weighted by Gasteiger charge is 2.19. The molecule has 148 valence electrons. The topological polar surface area (TPSA) is 52.5 Å². The minimum atomic E-state index is -0.0732. The van der Waals surface area contributed by atoms with Crippen LogP contribution in [0.1, 0.15) is 43.2 Å². The van der Waals surface area contributed by atoms with Crippen molar-refractivity contribution >= 4 is 16.8 Å². The van der Waals surface area contributed by atoms with Crippen molar-refractivity contribution in [2.24, 2.45) is 0 Å². The molecule has 0 saturated heterocycles. The van der Waals surface area contributed by atoms with Crippen molar-refractivity contribution in [2.45, 2.75) is 39.8 Å². The molecule has 1 amide bonds. The summed E-state index contributed by atoms with van der Waals surface area (Å²) in [4.78, 5) is 13.0. The summed E-state index contributed by atoms with van der Waals surface area (Å²) in [5.41, 5.74) is 2.67. The summed E-state index contributed by atoms with van der Waals surface area (Å²) in [6.45, 7) is 7.18. The number of methoxy groups -OCH3 is 1. The number of carbonyl (C=O) groups is 1. The number of nitrogens with zero attached hydrogens (tertiary/aromatic N) is 1. The number of hydrogen-bond acceptors (Lipinski definition) is 3. The second-order valence-corrected chi connectivity index (χ2v) is 6.87. The Hall–Kier alpha value is -2.95. The van der Waals surface area contributed by atoms with E-state index in [-0.39, 0.29) is 11.9 Å². The molecule has 0 radical (unpaired) electrons. The number of fused-ring (bicyclic) bond motifs is 1. The van der Waals surface area contributed by atoms with E-state index in [0.29, 0.717) is 18.8 Å². The Balaban J connectivity index is 2.09. The van der Waals surface area contributed by atoms with Crippen molar-refractivity contribution in [3.63, 3.8) is 0 Å². The molecule has 0 spiro atoms. The van der Waals surface area contributed by atoms with Gasteiger partial charge in [0, 0.05) is 18.0 Å². The minimum absolute atomic E-state index is 0.0732. The lowest BCUT2D eigenvalue weighted by atomic mass is 10.2. The lowest BCUT2D eigenvalue weighted by Gasteiger charge is -2.15. The Bertz CT molecular complexity index is 962. The fraction of sp³-hybridized carbons (Fsp3) is 0.348. The molecule has 5 nitrogen and oxygen atoms in total. The van der Waals surface area contributed by atoms with Crippen molar-refractivity contribution in [3.8, 4) is 11.5 Å². The standard InChI is InChI=1S/C23H28N2O3/c1-5-16(3)24-23(26)21-14-19-20(11-8-12-22(19)28-6-2)25(21)15-17-9-7-10-18(13-17)27-4/h7-14,16H,5-6,15H2,1-4H3,(H,24,26). The van der Waals surface area contributed by atoms with Gasteiger partial charge in [0.15, 0.2) is 0 Å². The van der Waals surface area contributed by atoms with E-state index < -0.39 is 0 Å². The number of amides is 1. The normalized spacial score (nSPS) is 12.0. The molecule has 0 saturated carbocycles. The molecule has 0 aliphatic carbocycles. The largest absolute Gasteiger partial charge is 0.497 e. The van der Waals surface area contributed by atoms with Gasteiger partial charge in [0.05, 0.1) is 19.2 Å². The van der Waals surface area contributed by atoms with Gasteiger partial charge in [-0.15, -0.1) is 0 Å². The fourth-order valence-corrected chi connectivity index (χ4v) is 3.25. The highest BCUT2D eigenvalue weighted by Crippen LogP contribution is 2.30. The Kier molecular flexibility index (Phi) is 6.24. The van der Waals surface area contributed by atoms with E-state index in [1.165, 1.54) is 0 Å². The maximum atomic E-state index is 13.0. The molecule has 1 atom stereocenters. The molecule has 0 bridgehead atoms. The SMILES string of the molecule is CCOc1cccc2c1cc(C(=O)NC(C)CC)n2Cc1cccc(OC)c1. The van der Waals surface area contributed by atoms with Gasteiger partial charge in [-0.3, -0.25) is 4.79 Å². The van der Waals surface area contributed by atoms with E-state index >= 15 is 0 Å². The van der Waals surface area contributed by atoms with E-state index in [2.05, 4.69) is 12.2 Å². The third-order valence-corrected chi connectivity index (χ3v) is 4.90. The van der Waals surface area contributed by atoms with Crippen molar-refractivity contribution in [1.29, 1.82) is 0 Å². The smallest absolute Gasteiger partial charge is 0.268 e. The highest BCUT2D eigenvalue weighted by molar-refractivity contribution is 6.00.